The highest BCUT2D eigenvalue weighted by Crippen LogP contribution is 2.27. The first kappa shape index (κ1) is 13.1. The lowest BCUT2D eigenvalue weighted by atomic mass is 9.99. The third kappa shape index (κ3) is 2.98. The van der Waals surface area contributed by atoms with E-state index in [-0.39, 0.29) is 0 Å². The van der Waals surface area contributed by atoms with Crippen molar-refractivity contribution in [3.05, 3.63) is 32.7 Å². The van der Waals surface area contributed by atoms with E-state index < -0.39 is 0 Å². The van der Waals surface area contributed by atoms with Gasteiger partial charge in [0.05, 0.1) is 0 Å². The maximum absolute atomic E-state index is 3.71. The summed E-state index contributed by atoms with van der Waals surface area (Å²) < 4.78 is 2.25. The molecule has 2 saturated heterocycles. The van der Waals surface area contributed by atoms with Gasteiger partial charge in [-0.2, -0.15) is 0 Å². The average molecular weight is 374 g/mol. The number of halogens is 2. The monoisotopic (exact) mass is 372 g/mol. The lowest BCUT2D eigenvalue weighted by Crippen LogP contribution is -2.46. The molecule has 3 atom stereocenters. The number of hydrogen-bond donors (Lipinski definition) is 2. The summed E-state index contributed by atoms with van der Waals surface area (Å²) in [5, 5.41) is 7.39. The van der Waals surface area contributed by atoms with Gasteiger partial charge in [-0.15, -0.1) is 0 Å². The van der Waals surface area contributed by atoms with Crippen LogP contribution in [0.1, 0.15) is 31.2 Å². The molecule has 0 spiro atoms. The molecule has 2 heterocycles. The lowest BCUT2D eigenvalue weighted by molar-refractivity contribution is 0.316. The minimum atomic E-state index is 0.686. The normalized spacial score (nSPS) is 30.7. The van der Waals surface area contributed by atoms with Crippen molar-refractivity contribution in [1.29, 1.82) is 0 Å². The van der Waals surface area contributed by atoms with E-state index >= 15 is 0 Å². The number of nitrogens with one attached hydrogen (secondary N) is 2. The van der Waals surface area contributed by atoms with Gasteiger partial charge in [-0.25, -0.2) is 0 Å². The van der Waals surface area contributed by atoms with Gasteiger partial charge in [-0.05, 0) is 75.2 Å². The van der Waals surface area contributed by atoms with Gasteiger partial charge in [0.1, 0.15) is 0 Å². The van der Waals surface area contributed by atoms with Crippen LogP contribution in [0.15, 0.2) is 27.1 Å². The third-order valence-electron chi connectivity index (χ3n) is 4.05. The standard InChI is InChI=1S/C14H18Br2N2/c15-13-4-1-9(5-14(13)16)8-17-12-6-10-2-3-11(7-12)18-10/h1,4-5,10-12,17-18H,2-3,6-8H2/t10-,11+,12?. The molecule has 18 heavy (non-hydrogen) atoms. The van der Waals surface area contributed by atoms with Crippen molar-refractivity contribution < 1.29 is 0 Å². The largest absolute Gasteiger partial charge is 0.311 e. The molecule has 2 fully saturated rings. The number of piperidine rings is 1. The fourth-order valence-corrected chi connectivity index (χ4v) is 3.81. The summed E-state index contributed by atoms with van der Waals surface area (Å²) in [6.07, 6.45) is 5.31. The van der Waals surface area contributed by atoms with Gasteiger partial charge in [-0.3, -0.25) is 0 Å². The highest BCUT2D eigenvalue weighted by atomic mass is 79.9. The number of rotatable bonds is 3. The molecule has 1 aromatic carbocycles. The van der Waals surface area contributed by atoms with Crippen molar-refractivity contribution in [3.8, 4) is 0 Å². The Balaban J connectivity index is 1.56. The third-order valence-corrected chi connectivity index (χ3v) is 5.93. The summed E-state index contributed by atoms with van der Waals surface area (Å²) in [6.45, 7) is 0.968. The summed E-state index contributed by atoms with van der Waals surface area (Å²) in [6, 6.07) is 8.68. The molecule has 3 rings (SSSR count). The van der Waals surface area contributed by atoms with Crippen molar-refractivity contribution in [3.63, 3.8) is 0 Å². The van der Waals surface area contributed by atoms with Gasteiger partial charge in [0.2, 0.25) is 0 Å². The van der Waals surface area contributed by atoms with Crippen molar-refractivity contribution in [2.75, 3.05) is 0 Å². The first-order valence-corrected chi connectivity index (χ1v) is 8.22. The van der Waals surface area contributed by atoms with Crippen LogP contribution >= 0.6 is 31.9 Å². The minimum Gasteiger partial charge on any atom is -0.311 e. The fraction of sp³-hybridized carbons (Fsp3) is 0.571. The van der Waals surface area contributed by atoms with Crippen LogP contribution in [0.2, 0.25) is 0 Å². The summed E-state index contributed by atoms with van der Waals surface area (Å²) >= 11 is 7.06. The lowest BCUT2D eigenvalue weighted by Gasteiger charge is -2.29. The Morgan fingerprint density at radius 3 is 2.50 bits per heavy atom. The molecule has 2 N–H and O–H groups in total. The van der Waals surface area contributed by atoms with E-state index in [9.17, 15) is 0 Å². The van der Waals surface area contributed by atoms with Gasteiger partial charge in [0, 0.05) is 33.6 Å². The van der Waals surface area contributed by atoms with E-state index in [4.69, 9.17) is 0 Å². The Hall–Kier alpha value is 0.1000. The molecule has 2 bridgehead atoms. The summed E-state index contributed by atoms with van der Waals surface area (Å²) in [5.74, 6) is 0. The molecule has 0 amide bonds. The SMILES string of the molecule is Brc1ccc(CNC2C[C@H]3CC[C@@H](C2)N3)cc1Br. The summed E-state index contributed by atoms with van der Waals surface area (Å²) in [4.78, 5) is 0. The zero-order valence-corrected chi connectivity index (χ0v) is 13.4. The molecule has 2 aliphatic rings. The van der Waals surface area contributed by atoms with Crippen LogP contribution in [0.5, 0.6) is 0 Å². The Morgan fingerprint density at radius 1 is 1.11 bits per heavy atom. The van der Waals surface area contributed by atoms with Crippen molar-refractivity contribution in [1.82, 2.24) is 10.6 Å². The smallest absolute Gasteiger partial charge is 0.0320 e. The Morgan fingerprint density at radius 2 is 1.83 bits per heavy atom. The number of hydrogen-bond acceptors (Lipinski definition) is 2. The Labute approximate surface area is 125 Å². The molecule has 1 aromatic rings. The van der Waals surface area contributed by atoms with Gasteiger partial charge >= 0.3 is 0 Å². The topological polar surface area (TPSA) is 24.1 Å². The van der Waals surface area contributed by atoms with Gasteiger partial charge < -0.3 is 10.6 Å². The van der Waals surface area contributed by atoms with Gasteiger partial charge in [0.25, 0.3) is 0 Å². The molecule has 98 valence electrons. The first-order chi connectivity index (χ1) is 8.70. The summed E-state index contributed by atoms with van der Waals surface area (Å²) in [7, 11) is 0. The molecular weight excluding hydrogens is 356 g/mol. The van der Waals surface area contributed by atoms with E-state index in [1.54, 1.807) is 0 Å². The van der Waals surface area contributed by atoms with E-state index in [1.807, 2.05) is 0 Å². The quantitative estimate of drug-likeness (QED) is 0.845. The van der Waals surface area contributed by atoms with E-state index in [0.717, 1.165) is 27.6 Å². The highest BCUT2D eigenvalue weighted by Gasteiger charge is 2.32. The zero-order chi connectivity index (χ0) is 12.5. The molecular formula is C14H18Br2N2. The Bertz CT molecular complexity index is 424. The van der Waals surface area contributed by atoms with Crippen LogP contribution in [-0.2, 0) is 6.54 Å². The molecule has 2 nitrogen and oxygen atoms in total. The second kappa shape index (κ2) is 5.61. The van der Waals surface area contributed by atoms with Crippen LogP contribution in [0.4, 0.5) is 0 Å². The van der Waals surface area contributed by atoms with Gasteiger partial charge in [0.15, 0.2) is 0 Å². The maximum Gasteiger partial charge on any atom is 0.0320 e. The fourth-order valence-electron chi connectivity index (χ4n) is 3.14. The molecule has 4 heteroatoms. The number of fused-ring (bicyclic) bond motifs is 2. The molecule has 0 radical (unpaired) electrons. The van der Waals surface area contributed by atoms with Crippen molar-refractivity contribution >= 4 is 31.9 Å². The van der Waals surface area contributed by atoms with Crippen LogP contribution in [0.25, 0.3) is 0 Å². The van der Waals surface area contributed by atoms with Crippen LogP contribution in [0, 0.1) is 0 Å². The predicted molar refractivity (Wildman–Crippen MR) is 81.6 cm³/mol. The van der Waals surface area contributed by atoms with E-state index in [0.29, 0.717) is 6.04 Å². The second-order valence-corrected chi connectivity index (χ2v) is 7.14. The van der Waals surface area contributed by atoms with Gasteiger partial charge in [-0.1, -0.05) is 6.07 Å². The highest BCUT2D eigenvalue weighted by molar-refractivity contribution is 9.13. The number of benzene rings is 1. The molecule has 0 aromatic heterocycles. The van der Waals surface area contributed by atoms with Crippen LogP contribution in [0.3, 0.4) is 0 Å². The maximum atomic E-state index is 3.71. The molecule has 2 aliphatic heterocycles. The predicted octanol–water partition coefficient (Wildman–Crippen LogP) is 3.58. The molecule has 0 saturated carbocycles. The van der Waals surface area contributed by atoms with Crippen LogP contribution < -0.4 is 10.6 Å². The van der Waals surface area contributed by atoms with E-state index in [1.165, 1.54) is 31.2 Å². The van der Waals surface area contributed by atoms with Crippen LogP contribution in [-0.4, -0.2) is 18.1 Å². The average Bonchev–Trinajstić information content (AvgIpc) is 2.70. The molecule has 0 aliphatic carbocycles. The molecule has 1 unspecified atom stereocenters. The minimum absolute atomic E-state index is 0.686. The first-order valence-electron chi connectivity index (χ1n) is 6.64. The van der Waals surface area contributed by atoms with E-state index in [2.05, 4.69) is 60.7 Å². The summed E-state index contributed by atoms with van der Waals surface area (Å²) in [5.41, 5.74) is 1.34. The Kier molecular flexibility index (Phi) is 4.09. The second-order valence-electron chi connectivity index (χ2n) is 5.44. The van der Waals surface area contributed by atoms with Crippen molar-refractivity contribution in [2.24, 2.45) is 0 Å². The zero-order valence-electron chi connectivity index (χ0n) is 10.3. The van der Waals surface area contributed by atoms with Crippen molar-refractivity contribution in [2.45, 2.75) is 50.4 Å².